The van der Waals surface area contributed by atoms with Crippen molar-refractivity contribution in [1.82, 2.24) is 19.5 Å². The number of oxazole rings is 1. The van der Waals surface area contributed by atoms with Gasteiger partial charge in [0.15, 0.2) is 11.2 Å². The molecular formula is C18H17N5O2. The third-order valence-electron chi connectivity index (χ3n) is 4.86. The van der Waals surface area contributed by atoms with E-state index in [1.807, 2.05) is 36.4 Å². The molecule has 7 nitrogen and oxygen atoms in total. The van der Waals surface area contributed by atoms with Gasteiger partial charge in [0.1, 0.15) is 5.52 Å². The summed E-state index contributed by atoms with van der Waals surface area (Å²) in [6.07, 6.45) is 3.42. The zero-order valence-corrected chi connectivity index (χ0v) is 13.6. The smallest absolute Gasteiger partial charge is 0.327 e. The maximum atomic E-state index is 12.3. The van der Waals surface area contributed by atoms with Gasteiger partial charge in [-0.25, -0.2) is 9.78 Å². The van der Waals surface area contributed by atoms with Crippen LogP contribution in [0.15, 0.2) is 51.8 Å². The Morgan fingerprint density at radius 2 is 1.96 bits per heavy atom. The molecule has 0 spiro atoms. The monoisotopic (exact) mass is 335 g/mol. The summed E-state index contributed by atoms with van der Waals surface area (Å²) in [4.78, 5) is 26.3. The first-order valence-corrected chi connectivity index (χ1v) is 8.45. The van der Waals surface area contributed by atoms with Crippen LogP contribution in [0.1, 0.15) is 18.9 Å². The van der Waals surface area contributed by atoms with Crippen molar-refractivity contribution in [3.8, 4) is 0 Å². The number of anilines is 1. The number of piperidine rings is 1. The predicted octanol–water partition coefficient (Wildman–Crippen LogP) is 2.71. The largest absolute Gasteiger partial charge is 0.423 e. The highest BCUT2D eigenvalue weighted by molar-refractivity contribution is 5.74. The minimum atomic E-state index is -0.0889. The second-order valence-electron chi connectivity index (χ2n) is 6.36. The molecular weight excluding hydrogens is 318 g/mol. The fourth-order valence-electron chi connectivity index (χ4n) is 3.61. The number of nitrogens with zero attached hydrogens (tertiary/aromatic N) is 4. The lowest BCUT2D eigenvalue weighted by molar-refractivity contribution is 0.382. The average Bonchev–Trinajstić information content (AvgIpc) is 3.22. The predicted molar refractivity (Wildman–Crippen MR) is 94.8 cm³/mol. The molecule has 1 fully saturated rings. The SMILES string of the molecule is O=c1[nH]c2cccnc2n1C1CCN(c2nc3ccccc3o2)CC1. The number of fused-ring (bicyclic) bond motifs is 2. The molecule has 1 saturated heterocycles. The zero-order chi connectivity index (χ0) is 16.8. The van der Waals surface area contributed by atoms with Crippen LogP contribution in [0.5, 0.6) is 0 Å². The molecule has 0 unspecified atom stereocenters. The first-order valence-electron chi connectivity index (χ1n) is 8.45. The van der Waals surface area contributed by atoms with Gasteiger partial charge in [-0.15, -0.1) is 0 Å². The molecule has 3 aromatic heterocycles. The van der Waals surface area contributed by atoms with Crippen molar-refractivity contribution in [2.45, 2.75) is 18.9 Å². The fourth-order valence-corrected chi connectivity index (χ4v) is 3.61. The van der Waals surface area contributed by atoms with E-state index >= 15 is 0 Å². The van der Waals surface area contributed by atoms with E-state index in [9.17, 15) is 4.79 Å². The number of nitrogens with one attached hydrogen (secondary N) is 1. The van der Waals surface area contributed by atoms with Gasteiger partial charge in [-0.05, 0) is 37.1 Å². The molecule has 0 radical (unpaired) electrons. The molecule has 1 aliphatic heterocycles. The Labute approximate surface area is 142 Å². The second kappa shape index (κ2) is 5.47. The summed E-state index contributed by atoms with van der Waals surface area (Å²) in [5, 5.41) is 0. The minimum Gasteiger partial charge on any atom is -0.423 e. The molecule has 126 valence electrons. The number of H-pyrrole nitrogens is 1. The molecule has 25 heavy (non-hydrogen) atoms. The van der Waals surface area contributed by atoms with Crippen LogP contribution in [-0.2, 0) is 0 Å². The summed E-state index contributed by atoms with van der Waals surface area (Å²) in [6, 6.07) is 12.3. The van der Waals surface area contributed by atoms with Gasteiger partial charge in [0, 0.05) is 25.3 Å². The normalized spacial score (nSPS) is 16.1. The van der Waals surface area contributed by atoms with Crippen LogP contribution in [0.25, 0.3) is 22.3 Å². The molecule has 5 rings (SSSR count). The lowest BCUT2D eigenvalue weighted by Gasteiger charge is -2.31. The van der Waals surface area contributed by atoms with Crippen LogP contribution in [0, 0.1) is 0 Å². The van der Waals surface area contributed by atoms with Crippen molar-refractivity contribution in [1.29, 1.82) is 0 Å². The van der Waals surface area contributed by atoms with E-state index in [0.29, 0.717) is 6.01 Å². The Bertz CT molecular complexity index is 1070. The summed E-state index contributed by atoms with van der Waals surface area (Å²) in [5.41, 5.74) is 3.10. The van der Waals surface area contributed by atoms with Gasteiger partial charge in [-0.3, -0.25) is 4.57 Å². The summed E-state index contributed by atoms with van der Waals surface area (Å²) >= 11 is 0. The Balaban J connectivity index is 1.40. The van der Waals surface area contributed by atoms with E-state index in [-0.39, 0.29) is 11.7 Å². The molecule has 4 heterocycles. The summed E-state index contributed by atoms with van der Waals surface area (Å²) in [5.74, 6) is 0. The number of benzene rings is 1. The molecule has 1 aliphatic rings. The quantitative estimate of drug-likeness (QED) is 0.609. The molecule has 4 aromatic rings. The van der Waals surface area contributed by atoms with Crippen LogP contribution in [0.2, 0.25) is 0 Å². The van der Waals surface area contributed by atoms with Crippen molar-refractivity contribution in [3.63, 3.8) is 0 Å². The number of hydrogen-bond acceptors (Lipinski definition) is 5. The number of pyridine rings is 1. The van der Waals surface area contributed by atoms with Gasteiger partial charge in [-0.1, -0.05) is 12.1 Å². The Kier molecular flexibility index (Phi) is 3.12. The number of rotatable bonds is 2. The van der Waals surface area contributed by atoms with Crippen molar-refractivity contribution >= 4 is 28.3 Å². The Hall–Kier alpha value is -3.09. The van der Waals surface area contributed by atoms with Crippen molar-refractivity contribution in [3.05, 3.63) is 53.1 Å². The first-order chi connectivity index (χ1) is 12.3. The average molecular weight is 335 g/mol. The van der Waals surface area contributed by atoms with Crippen molar-refractivity contribution in [2.24, 2.45) is 0 Å². The summed E-state index contributed by atoms with van der Waals surface area (Å²) in [6.45, 7) is 1.59. The molecule has 0 atom stereocenters. The van der Waals surface area contributed by atoms with Crippen LogP contribution in [0.4, 0.5) is 6.01 Å². The highest BCUT2D eigenvalue weighted by Crippen LogP contribution is 2.28. The number of hydrogen-bond donors (Lipinski definition) is 1. The molecule has 1 N–H and O–H groups in total. The van der Waals surface area contributed by atoms with Crippen molar-refractivity contribution in [2.75, 3.05) is 18.0 Å². The highest BCUT2D eigenvalue weighted by atomic mass is 16.4. The standard InChI is InChI=1S/C18H17N5O2/c24-17-20-14-5-3-9-19-16(14)23(17)12-7-10-22(11-8-12)18-21-13-4-1-2-6-15(13)25-18/h1-6,9,12H,7-8,10-11H2,(H,20,24). The van der Waals surface area contributed by atoms with E-state index in [2.05, 4.69) is 19.9 Å². The summed E-state index contributed by atoms with van der Waals surface area (Å²) < 4.78 is 7.65. The Morgan fingerprint density at radius 3 is 2.80 bits per heavy atom. The lowest BCUT2D eigenvalue weighted by Crippen LogP contribution is -2.37. The maximum absolute atomic E-state index is 12.3. The molecule has 7 heteroatoms. The van der Waals surface area contributed by atoms with Gasteiger partial charge in [0.25, 0.3) is 6.01 Å². The van der Waals surface area contributed by atoms with Gasteiger partial charge in [-0.2, -0.15) is 4.98 Å². The van der Waals surface area contributed by atoms with Crippen LogP contribution >= 0.6 is 0 Å². The Morgan fingerprint density at radius 1 is 1.12 bits per heavy atom. The van der Waals surface area contributed by atoms with Crippen LogP contribution in [-0.4, -0.2) is 32.6 Å². The van der Waals surface area contributed by atoms with Gasteiger partial charge < -0.3 is 14.3 Å². The number of aromatic amines is 1. The highest BCUT2D eigenvalue weighted by Gasteiger charge is 2.26. The molecule has 0 saturated carbocycles. The van der Waals surface area contributed by atoms with Gasteiger partial charge >= 0.3 is 5.69 Å². The van der Waals surface area contributed by atoms with E-state index in [4.69, 9.17) is 4.42 Å². The van der Waals surface area contributed by atoms with Crippen LogP contribution in [0.3, 0.4) is 0 Å². The maximum Gasteiger partial charge on any atom is 0.327 e. The topological polar surface area (TPSA) is 80.0 Å². The second-order valence-corrected chi connectivity index (χ2v) is 6.36. The number of imidazole rings is 1. The van der Waals surface area contributed by atoms with E-state index < -0.39 is 0 Å². The molecule has 0 bridgehead atoms. The zero-order valence-electron chi connectivity index (χ0n) is 13.6. The molecule has 1 aromatic carbocycles. The minimum absolute atomic E-state index is 0.0889. The first kappa shape index (κ1) is 14.3. The molecule has 0 amide bonds. The van der Waals surface area contributed by atoms with Crippen molar-refractivity contribution < 1.29 is 4.42 Å². The molecule has 0 aliphatic carbocycles. The lowest BCUT2D eigenvalue weighted by atomic mass is 10.1. The van der Waals surface area contributed by atoms with Crippen LogP contribution < -0.4 is 10.6 Å². The van der Waals surface area contributed by atoms with E-state index in [1.165, 1.54) is 0 Å². The van der Waals surface area contributed by atoms with Gasteiger partial charge in [0.2, 0.25) is 0 Å². The summed E-state index contributed by atoms with van der Waals surface area (Å²) in [7, 11) is 0. The third-order valence-corrected chi connectivity index (χ3v) is 4.86. The van der Waals surface area contributed by atoms with Gasteiger partial charge in [0.05, 0.1) is 5.52 Å². The fraction of sp³-hybridized carbons (Fsp3) is 0.278. The number of aromatic nitrogens is 4. The van der Waals surface area contributed by atoms with E-state index in [0.717, 1.165) is 48.2 Å². The van der Waals surface area contributed by atoms with E-state index in [1.54, 1.807) is 10.8 Å². The number of para-hydroxylation sites is 2. The third kappa shape index (κ3) is 2.31.